The second-order valence-corrected chi connectivity index (χ2v) is 9.08. The average molecular weight is 473 g/mol. The zero-order chi connectivity index (χ0) is 22.7. The number of fused-ring (bicyclic) bond motifs is 1. The Morgan fingerprint density at radius 3 is 2.81 bits per heavy atom. The summed E-state index contributed by atoms with van der Waals surface area (Å²) in [4.78, 5) is 34.4. The van der Waals surface area contributed by atoms with Gasteiger partial charge in [-0.3, -0.25) is 14.5 Å². The summed E-state index contributed by atoms with van der Waals surface area (Å²) in [5.41, 5.74) is 3.29. The van der Waals surface area contributed by atoms with Crippen molar-refractivity contribution in [2.45, 2.75) is 31.6 Å². The van der Waals surface area contributed by atoms with Crippen molar-refractivity contribution in [2.24, 2.45) is 0 Å². The van der Waals surface area contributed by atoms with Crippen LogP contribution in [-0.4, -0.2) is 33.1 Å². The third kappa shape index (κ3) is 5.56. The number of carbonyl (C=O) groups is 1. The van der Waals surface area contributed by atoms with Gasteiger partial charge in [0, 0.05) is 36.8 Å². The molecule has 4 rings (SSSR count). The van der Waals surface area contributed by atoms with Gasteiger partial charge >= 0.3 is 0 Å². The van der Waals surface area contributed by atoms with E-state index in [1.165, 1.54) is 6.07 Å². The summed E-state index contributed by atoms with van der Waals surface area (Å²) in [6.07, 6.45) is 0.662. The molecule has 0 saturated carbocycles. The summed E-state index contributed by atoms with van der Waals surface area (Å²) < 4.78 is 13.6. The Balaban J connectivity index is 1.36. The topological polar surface area (TPSA) is 78.1 Å². The molecule has 166 valence electrons. The molecule has 32 heavy (non-hydrogen) atoms. The SMILES string of the molecule is Cc1ccc(NC(=O)CSc2nc3c(c(=O)[nH]2)CN(Cc2ccc(Cl)cc2)CC3)cc1F. The second kappa shape index (κ2) is 9.85. The maximum atomic E-state index is 13.6. The van der Waals surface area contributed by atoms with E-state index in [2.05, 4.69) is 20.2 Å². The number of halogens is 2. The number of thioether (sulfide) groups is 1. The molecule has 1 aliphatic heterocycles. The lowest BCUT2D eigenvalue weighted by atomic mass is 10.1. The van der Waals surface area contributed by atoms with Gasteiger partial charge in [0.1, 0.15) is 5.82 Å². The number of nitrogens with zero attached hydrogens (tertiary/aromatic N) is 2. The molecule has 0 bridgehead atoms. The van der Waals surface area contributed by atoms with Gasteiger partial charge < -0.3 is 10.3 Å². The van der Waals surface area contributed by atoms with E-state index < -0.39 is 0 Å². The Bertz CT molecular complexity index is 1200. The molecule has 2 N–H and O–H groups in total. The third-order valence-electron chi connectivity index (χ3n) is 5.24. The van der Waals surface area contributed by atoms with Crippen molar-refractivity contribution in [3.63, 3.8) is 0 Å². The number of aromatic amines is 1. The fourth-order valence-electron chi connectivity index (χ4n) is 3.51. The predicted molar refractivity (Wildman–Crippen MR) is 125 cm³/mol. The van der Waals surface area contributed by atoms with E-state index in [-0.39, 0.29) is 23.0 Å². The van der Waals surface area contributed by atoms with Crippen molar-refractivity contribution in [3.05, 3.63) is 86.0 Å². The number of benzene rings is 2. The maximum Gasteiger partial charge on any atom is 0.256 e. The lowest BCUT2D eigenvalue weighted by Crippen LogP contribution is -2.35. The number of H-pyrrole nitrogens is 1. The van der Waals surface area contributed by atoms with E-state index in [1.54, 1.807) is 19.1 Å². The van der Waals surface area contributed by atoms with Crippen LogP contribution in [0.2, 0.25) is 5.02 Å². The molecule has 0 spiro atoms. The van der Waals surface area contributed by atoms with Gasteiger partial charge in [-0.1, -0.05) is 41.6 Å². The van der Waals surface area contributed by atoms with Gasteiger partial charge in [-0.2, -0.15) is 0 Å². The smallest absolute Gasteiger partial charge is 0.256 e. The molecule has 3 aromatic rings. The summed E-state index contributed by atoms with van der Waals surface area (Å²) in [6.45, 7) is 3.69. The lowest BCUT2D eigenvalue weighted by Gasteiger charge is -2.27. The van der Waals surface area contributed by atoms with Gasteiger partial charge in [0.05, 0.1) is 17.0 Å². The van der Waals surface area contributed by atoms with Crippen LogP contribution in [0.15, 0.2) is 52.4 Å². The second-order valence-electron chi connectivity index (χ2n) is 7.68. The van der Waals surface area contributed by atoms with Crippen LogP contribution in [0.3, 0.4) is 0 Å². The predicted octanol–water partition coefficient (Wildman–Crippen LogP) is 4.16. The van der Waals surface area contributed by atoms with Crippen LogP contribution >= 0.6 is 23.4 Å². The van der Waals surface area contributed by atoms with E-state index >= 15 is 0 Å². The van der Waals surface area contributed by atoms with E-state index in [0.717, 1.165) is 36.1 Å². The number of nitrogens with one attached hydrogen (secondary N) is 2. The highest BCUT2D eigenvalue weighted by Gasteiger charge is 2.21. The summed E-state index contributed by atoms with van der Waals surface area (Å²) in [5, 5.41) is 3.76. The Morgan fingerprint density at radius 2 is 2.06 bits per heavy atom. The van der Waals surface area contributed by atoms with Gasteiger partial charge in [-0.15, -0.1) is 0 Å². The fourth-order valence-corrected chi connectivity index (χ4v) is 4.32. The van der Waals surface area contributed by atoms with Crippen molar-refractivity contribution in [2.75, 3.05) is 17.6 Å². The molecule has 1 amide bonds. The minimum absolute atomic E-state index is 0.0555. The molecule has 0 unspecified atom stereocenters. The maximum absolute atomic E-state index is 13.6. The van der Waals surface area contributed by atoms with Crippen LogP contribution in [0.1, 0.15) is 22.4 Å². The molecule has 6 nitrogen and oxygen atoms in total. The van der Waals surface area contributed by atoms with Crippen LogP contribution < -0.4 is 10.9 Å². The normalized spacial score (nSPS) is 13.6. The molecule has 0 saturated heterocycles. The largest absolute Gasteiger partial charge is 0.325 e. The highest BCUT2D eigenvalue weighted by molar-refractivity contribution is 7.99. The van der Waals surface area contributed by atoms with E-state index in [4.69, 9.17) is 11.6 Å². The van der Waals surface area contributed by atoms with Crippen molar-refractivity contribution < 1.29 is 9.18 Å². The molecule has 0 fully saturated rings. The van der Waals surface area contributed by atoms with Crippen LogP contribution in [0, 0.1) is 12.7 Å². The standard InChI is InChI=1S/C23H22ClFN4O2S/c1-14-2-7-17(10-19(14)25)26-21(30)13-32-23-27-20-8-9-29(12-18(20)22(31)28-23)11-15-3-5-16(24)6-4-15/h2-7,10H,8-9,11-13H2,1H3,(H,26,30)(H,27,28,31). The number of amides is 1. The molecule has 1 aliphatic rings. The monoisotopic (exact) mass is 472 g/mol. The summed E-state index contributed by atoms with van der Waals surface area (Å²) >= 11 is 7.09. The number of rotatable bonds is 6. The number of hydrogen-bond acceptors (Lipinski definition) is 5. The summed E-state index contributed by atoms with van der Waals surface area (Å²) in [6, 6.07) is 12.2. The molecule has 9 heteroatoms. The number of hydrogen-bond donors (Lipinski definition) is 2. The molecule has 2 aromatic carbocycles. The molecular weight excluding hydrogens is 451 g/mol. The molecule has 1 aromatic heterocycles. The van der Waals surface area contributed by atoms with Gasteiger partial charge in [-0.25, -0.2) is 9.37 Å². The number of anilines is 1. The van der Waals surface area contributed by atoms with Crippen molar-refractivity contribution in [1.29, 1.82) is 0 Å². The van der Waals surface area contributed by atoms with Crippen molar-refractivity contribution in [3.8, 4) is 0 Å². The van der Waals surface area contributed by atoms with Crippen LogP contribution in [0.5, 0.6) is 0 Å². The Morgan fingerprint density at radius 1 is 1.28 bits per heavy atom. The first kappa shape index (κ1) is 22.5. The Labute approximate surface area is 194 Å². The van der Waals surface area contributed by atoms with E-state index in [1.807, 2.05) is 24.3 Å². The summed E-state index contributed by atoms with van der Waals surface area (Å²) in [5.74, 6) is -0.617. The van der Waals surface area contributed by atoms with Gasteiger partial charge in [0.15, 0.2) is 5.16 Å². The van der Waals surface area contributed by atoms with Gasteiger partial charge in [0.2, 0.25) is 5.91 Å². The Kier molecular flexibility index (Phi) is 6.93. The fraction of sp³-hybridized carbons (Fsp3) is 0.261. The molecule has 2 heterocycles. The molecule has 0 radical (unpaired) electrons. The third-order valence-corrected chi connectivity index (χ3v) is 6.37. The first-order valence-corrected chi connectivity index (χ1v) is 11.5. The number of aryl methyl sites for hydroxylation is 1. The van der Waals surface area contributed by atoms with Crippen molar-refractivity contribution in [1.82, 2.24) is 14.9 Å². The minimum atomic E-state index is -0.374. The van der Waals surface area contributed by atoms with E-state index in [0.29, 0.717) is 40.0 Å². The first-order valence-electron chi connectivity index (χ1n) is 10.1. The number of aromatic nitrogens is 2. The zero-order valence-corrected chi connectivity index (χ0v) is 19.0. The van der Waals surface area contributed by atoms with E-state index in [9.17, 15) is 14.0 Å². The average Bonchev–Trinajstić information content (AvgIpc) is 2.77. The Hall–Kier alpha value is -2.68. The number of carbonyl (C=O) groups excluding carboxylic acids is 1. The van der Waals surface area contributed by atoms with Crippen LogP contribution in [0.25, 0.3) is 0 Å². The van der Waals surface area contributed by atoms with Gasteiger partial charge in [-0.05, 0) is 42.3 Å². The van der Waals surface area contributed by atoms with Gasteiger partial charge in [0.25, 0.3) is 5.56 Å². The zero-order valence-electron chi connectivity index (χ0n) is 17.5. The molecule has 0 atom stereocenters. The highest BCUT2D eigenvalue weighted by Crippen LogP contribution is 2.21. The first-order chi connectivity index (χ1) is 15.4. The molecular formula is C23H22ClFN4O2S. The minimum Gasteiger partial charge on any atom is -0.325 e. The quantitative estimate of drug-likeness (QED) is 0.416. The summed E-state index contributed by atoms with van der Waals surface area (Å²) in [7, 11) is 0. The highest BCUT2D eigenvalue weighted by atomic mass is 35.5. The molecule has 0 aliphatic carbocycles. The van der Waals surface area contributed by atoms with Crippen LogP contribution in [0.4, 0.5) is 10.1 Å². The van der Waals surface area contributed by atoms with Crippen LogP contribution in [-0.2, 0) is 24.3 Å². The van der Waals surface area contributed by atoms with Crippen molar-refractivity contribution >= 4 is 35.0 Å². The lowest BCUT2D eigenvalue weighted by molar-refractivity contribution is -0.113.